The van der Waals surface area contributed by atoms with E-state index in [2.05, 4.69) is 34.3 Å². The normalized spacial score (nSPS) is 12.0. The maximum atomic E-state index is 12.6. The van der Waals surface area contributed by atoms with Crippen LogP contribution in [0.3, 0.4) is 0 Å². The van der Waals surface area contributed by atoms with Crippen LogP contribution in [0.2, 0.25) is 0 Å². The van der Waals surface area contributed by atoms with Gasteiger partial charge < -0.3 is 81.6 Å². The van der Waals surface area contributed by atoms with Crippen LogP contribution in [-0.2, 0) is 75.9 Å². The van der Waals surface area contributed by atoms with E-state index < -0.39 is 18.5 Å². The fourth-order valence-electron chi connectivity index (χ4n) is 6.06. The first kappa shape index (κ1) is 56.5. The highest BCUT2D eigenvalue weighted by atomic mass is 16.6. The summed E-state index contributed by atoms with van der Waals surface area (Å²) in [6, 6.07) is 16.5. The molecule has 0 saturated carbocycles. The number of nitrogens with one attached hydrogen (secondary N) is 1. The number of benzene rings is 2. The molecule has 0 aromatic heterocycles. The molecular formula is C46H72N2O18. The third-order valence-corrected chi connectivity index (χ3v) is 9.34. The minimum absolute atomic E-state index is 0.0289. The van der Waals surface area contributed by atoms with Gasteiger partial charge in [-0.3, -0.25) is 4.79 Å². The molecule has 3 rings (SSSR count). The van der Waals surface area contributed by atoms with Crippen LogP contribution in [-0.4, -0.2) is 226 Å². The molecule has 0 heterocycles. The SMILES string of the molecule is CN(CCOCCOCCOCCOCCOCCOCCOCCOCCOCCOCCOCCOCCNC(=O)COCC(=O)O)C(=O)OCC1c2ccccc2-c2ccccc21. The molecule has 20 nitrogen and oxygen atoms in total. The number of carbonyl (C=O) groups excluding carboxylic acids is 2. The van der Waals surface area contributed by atoms with Gasteiger partial charge in [0.05, 0.1) is 159 Å². The molecule has 0 aliphatic heterocycles. The van der Waals surface area contributed by atoms with Gasteiger partial charge in [-0.05, 0) is 22.3 Å². The van der Waals surface area contributed by atoms with Gasteiger partial charge in [0.15, 0.2) is 0 Å². The van der Waals surface area contributed by atoms with E-state index in [4.69, 9.17) is 66.7 Å². The fraction of sp³-hybridized carbons (Fsp3) is 0.674. The summed E-state index contributed by atoms with van der Waals surface area (Å²) in [5.41, 5.74) is 4.77. The van der Waals surface area contributed by atoms with Gasteiger partial charge in [0.1, 0.15) is 19.8 Å². The van der Waals surface area contributed by atoms with E-state index in [0.717, 1.165) is 0 Å². The number of amides is 2. The molecule has 66 heavy (non-hydrogen) atoms. The number of carboxylic acid groups (broad SMARTS) is 1. The Kier molecular flexibility index (Phi) is 33.5. The number of carbonyl (C=O) groups is 3. The lowest BCUT2D eigenvalue weighted by atomic mass is 9.98. The Morgan fingerprint density at radius 1 is 0.470 bits per heavy atom. The first-order valence-corrected chi connectivity index (χ1v) is 22.5. The van der Waals surface area contributed by atoms with E-state index in [1.807, 2.05) is 24.3 Å². The zero-order chi connectivity index (χ0) is 47.0. The summed E-state index contributed by atoms with van der Waals surface area (Å²) in [5, 5.41) is 11.0. The van der Waals surface area contributed by atoms with E-state index >= 15 is 0 Å². The number of ether oxygens (including phenoxy) is 14. The third kappa shape index (κ3) is 27.7. The van der Waals surface area contributed by atoms with Gasteiger partial charge in [-0.1, -0.05) is 48.5 Å². The van der Waals surface area contributed by atoms with E-state index in [1.165, 1.54) is 27.2 Å². The summed E-state index contributed by atoms with van der Waals surface area (Å²) < 4.78 is 76.2. The average molecular weight is 941 g/mol. The minimum atomic E-state index is -1.13. The number of likely N-dealkylation sites (N-methyl/N-ethyl adjacent to an activating group) is 1. The maximum absolute atomic E-state index is 12.6. The van der Waals surface area contributed by atoms with Gasteiger partial charge >= 0.3 is 12.1 Å². The minimum Gasteiger partial charge on any atom is -0.480 e. The third-order valence-electron chi connectivity index (χ3n) is 9.34. The Morgan fingerprint density at radius 3 is 1.17 bits per heavy atom. The van der Waals surface area contributed by atoms with Gasteiger partial charge in [0, 0.05) is 26.1 Å². The standard InChI is InChI=1S/C46H72N2O18/c1-48(46(52)66-36-43-41-8-4-2-6-39(41)40-7-3-5-9-42(40)43)11-13-54-15-17-56-19-21-58-23-25-60-27-29-62-31-33-64-35-34-63-32-30-61-28-26-59-24-22-57-20-18-55-16-14-53-12-10-47-44(49)37-65-38-45(50)51/h2-9,43H,10-38H2,1H3,(H,47,49)(H,50,51). The number of carboxylic acids is 1. The van der Waals surface area contributed by atoms with Crippen molar-refractivity contribution in [3.05, 3.63) is 59.7 Å². The lowest BCUT2D eigenvalue weighted by molar-refractivity contribution is -0.143. The van der Waals surface area contributed by atoms with Crippen LogP contribution < -0.4 is 5.32 Å². The summed E-state index contributed by atoms with van der Waals surface area (Å²) in [6.45, 7) is 10.7. The summed E-state index contributed by atoms with van der Waals surface area (Å²) >= 11 is 0. The van der Waals surface area contributed by atoms with Crippen molar-refractivity contribution in [1.29, 1.82) is 0 Å². The van der Waals surface area contributed by atoms with Crippen LogP contribution in [0.5, 0.6) is 0 Å². The Hall–Kier alpha value is -3.87. The molecule has 0 unspecified atom stereocenters. The lowest BCUT2D eigenvalue weighted by Crippen LogP contribution is -2.32. The molecule has 0 bridgehead atoms. The van der Waals surface area contributed by atoms with Crippen LogP contribution in [0.4, 0.5) is 4.79 Å². The van der Waals surface area contributed by atoms with Crippen molar-refractivity contribution < 1.29 is 85.8 Å². The highest BCUT2D eigenvalue weighted by Crippen LogP contribution is 2.44. The van der Waals surface area contributed by atoms with Crippen LogP contribution in [0.15, 0.2) is 48.5 Å². The average Bonchev–Trinajstić information content (AvgIpc) is 3.64. The lowest BCUT2D eigenvalue weighted by Gasteiger charge is -2.19. The van der Waals surface area contributed by atoms with Crippen molar-refractivity contribution in [1.82, 2.24) is 10.2 Å². The molecule has 0 spiro atoms. The zero-order valence-corrected chi connectivity index (χ0v) is 38.5. The highest BCUT2D eigenvalue weighted by Gasteiger charge is 2.29. The van der Waals surface area contributed by atoms with Gasteiger partial charge in [0.25, 0.3) is 0 Å². The van der Waals surface area contributed by atoms with Crippen molar-refractivity contribution in [3.8, 4) is 11.1 Å². The molecule has 374 valence electrons. The van der Waals surface area contributed by atoms with Gasteiger partial charge in [-0.15, -0.1) is 0 Å². The van der Waals surface area contributed by atoms with Crippen LogP contribution in [0.25, 0.3) is 11.1 Å². The van der Waals surface area contributed by atoms with E-state index in [1.54, 1.807) is 7.05 Å². The Balaban J connectivity index is 0.923. The van der Waals surface area contributed by atoms with Crippen LogP contribution in [0, 0.1) is 0 Å². The highest BCUT2D eigenvalue weighted by molar-refractivity contribution is 5.79. The second kappa shape index (κ2) is 39.2. The topological polar surface area (TPSA) is 216 Å². The second-order valence-corrected chi connectivity index (χ2v) is 14.3. The van der Waals surface area contributed by atoms with Crippen molar-refractivity contribution in [2.24, 2.45) is 0 Å². The first-order chi connectivity index (χ1) is 32.5. The molecule has 0 atom stereocenters. The maximum Gasteiger partial charge on any atom is 0.409 e. The summed E-state index contributed by atoms with van der Waals surface area (Å²) in [7, 11) is 1.71. The first-order valence-electron chi connectivity index (χ1n) is 22.5. The molecule has 0 fully saturated rings. The summed E-state index contributed by atoms with van der Waals surface area (Å²) in [5.74, 6) is -1.50. The van der Waals surface area contributed by atoms with Crippen molar-refractivity contribution in [2.45, 2.75) is 5.92 Å². The van der Waals surface area contributed by atoms with Crippen molar-refractivity contribution in [2.75, 3.05) is 199 Å². The molecule has 2 aromatic carbocycles. The molecule has 0 radical (unpaired) electrons. The van der Waals surface area contributed by atoms with Gasteiger partial charge in [0.2, 0.25) is 5.91 Å². The molecular weight excluding hydrogens is 869 g/mol. The number of hydrogen-bond acceptors (Lipinski definition) is 17. The Morgan fingerprint density at radius 2 is 0.803 bits per heavy atom. The van der Waals surface area contributed by atoms with E-state index in [9.17, 15) is 14.4 Å². The van der Waals surface area contributed by atoms with E-state index in [0.29, 0.717) is 172 Å². The second-order valence-electron chi connectivity index (χ2n) is 14.3. The molecule has 1 aliphatic rings. The monoisotopic (exact) mass is 940 g/mol. The fourth-order valence-corrected chi connectivity index (χ4v) is 6.06. The summed E-state index contributed by atoms with van der Waals surface area (Å²) in [4.78, 5) is 35.9. The van der Waals surface area contributed by atoms with Gasteiger partial charge in [-0.2, -0.15) is 0 Å². The van der Waals surface area contributed by atoms with Crippen molar-refractivity contribution in [3.63, 3.8) is 0 Å². The molecule has 20 heteroatoms. The number of nitrogens with zero attached hydrogens (tertiary/aromatic N) is 1. The molecule has 2 amide bonds. The molecule has 0 saturated heterocycles. The number of hydrogen-bond donors (Lipinski definition) is 2. The quantitative estimate of drug-likeness (QED) is 0.0911. The summed E-state index contributed by atoms with van der Waals surface area (Å²) in [6.07, 6.45) is -0.373. The zero-order valence-electron chi connectivity index (χ0n) is 38.5. The Bertz CT molecular complexity index is 1490. The smallest absolute Gasteiger partial charge is 0.409 e. The largest absolute Gasteiger partial charge is 0.480 e. The van der Waals surface area contributed by atoms with Gasteiger partial charge in [-0.25, -0.2) is 9.59 Å². The molecule has 1 aliphatic carbocycles. The molecule has 2 N–H and O–H groups in total. The van der Waals surface area contributed by atoms with Crippen molar-refractivity contribution >= 4 is 18.0 Å². The van der Waals surface area contributed by atoms with Crippen LogP contribution >= 0.6 is 0 Å². The number of fused-ring (bicyclic) bond motifs is 3. The predicted octanol–water partition coefficient (Wildman–Crippen LogP) is 2.28. The number of aliphatic carboxylic acids is 1. The molecule has 2 aromatic rings. The number of rotatable bonds is 45. The Labute approximate surface area is 388 Å². The predicted molar refractivity (Wildman–Crippen MR) is 239 cm³/mol. The van der Waals surface area contributed by atoms with E-state index in [-0.39, 0.29) is 25.2 Å². The van der Waals surface area contributed by atoms with Crippen LogP contribution in [0.1, 0.15) is 17.0 Å².